The molecular weight excluding hydrogens is 603 g/mol. The zero-order chi connectivity index (χ0) is 33.6. The molecule has 0 bridgehead atoms. The zero-order valence-corrected chi connectivity index (χ0v) is 30.8. The van der Waals surface area contributed by atoms with Crippen LogP contribution in [0.5, 0.6) is 0 Å². The fourth-order valence-corrected chi connectivity index (χ4v) is 14.5. The number of fused-ring (bicyclic) bond motifs is 5. The molecule has 4 aliphatic carbocycles. The second-order valence-corrected chi connectivity index (χ2v) is 20.6. The minimum absolute atomic E-state index is 0.00330. The lowest BCUT2D eigenvalue weighted by Crippen LogP contribution is -2.61. The molecule has 47 heavy (non-hydrogen) atoms. The lowest BCUT2D eigenvalue weighted by atomic mass is 9.43. The van der Waals surface area contributed by atoms with Crippen LogP contribution in [0.2, 0.25) is 5.04 Å². The van der Waals surface area contributed by atoms with Crippen LogP contribution < -0.4 is 0 Å². The first kappa shape index (κ1) is 35.0. The monoisotopic (exact) mass is 661 g/mol. The van der Waals surface area contributed by atoms with E-state index >= 15 is 8.78 Å². The quantitative estimate of drug-likeness (QED) is 0.144. The van der Waals surface area contributed by atoms with Gasteiger partial charge in [0, 0.05) is 30.4 Å². The number of benzene rings is 2. The number of halogens is 2. The van der Waals surface area contributed by atoms with Crippen LogP contribution in [0.4, 0.5) is 8.78 Å². The van der Waals surface area contributed by atoms with Gasteiger partial charge in [-0.3, -0.25) is 0 Å². The highest BCUT2D eigenvalue weighted by atomic mass is 28.3. The summed E-state index contributed by atoms with van der Waals surface area (Å²) in [6, 6.07) is 21.6. The Hall–Kier alpha value is -1.85. The third kappa shape index (κ3) is 6.58. The Morgan fingerprint density at radius 2 is 1.49 bits per heavy atom. The average molecular weight is 662 g/mol. The van der Waals surface area contributed by atoms with Crippen LogP contribution in [0.3, 0.4) is 0 Å². The van der Waals surface area contributed by atoms with E-state index in [0.29, 0.717) is 18.3 Å². The number of carbonyl (C=O) groups is 1. The summed E-state index contributed by atoms with van der Waals surface area (Å²) >= 11 is 0. The number of alkyl halides is 2. The molecule has 0 saturated heterocycles. The number of unbranched alkanes of at least 4 members (excludes halogenated alkanes) is 1. The minimum Gasteiger partial charge on any atom is -0.412 e. The summed E-state index contributed by atoms with van der Waals surface area (Å²) in [7, 11) is -1.46. The van der Waals surface area contributed by atoms with Gasteiger partial charge in [0.1, 0.15) is 6.29 Å². The molecule has 0 spiro atoms. The summed E-state index contributed by atoms with van der Waals surface area (Å²) in [4.78, 5) is 10.9. The van der Waals surface area contributed by atoms with Crippen LogP contribution in [0.15, 0.2) is 60.7 Å². The molecule has 4 saturated carbocycles. The third-order valence-corrected chi connectivity index (χ3v) is 17.2. The maximum absolute atomic E-state index is 16.7. The Morgan fingerprint density at radius 1 is 0.894 bits per heavy atom. The Kier molecular flexibility index (Phi) is 10.0. The van der Waals surface area contributed by atoms with Crippen LogP contribution in [0.25, 0.3) is 0 Å². The van der Waals surface area contributed by atoms with E-state index < -0.39 is 20.9 Å². The van der Waals surface area contributed by atoms with Gasteiger partial charge in [-0.15, -0.1) is 0 Å². The van der Waals surface area contributed by atoms with Crippen molar-refractivity contribution < 1.29 is 18.0 Å². The van der Waals surface area contributed by atoms with Crippen molar-refractivity contribution in [3.05, 3.63) is 71.8 Å². The first-order valence-corrected chi connectivity index (χ1v) is 20.2. The molecule has 6 rings (SSSR count). The van der Waals surface area contributed by atoms with Gasteiger partial charge in [0.05, 0.1) is 0 Å². The Bertz CT molecular complexity index is 1300. The van der Waals surface area contributed by atoms with Crippen LogP contribution in [-0.4, -0.2) is 27.4 Å². The van der Waals surface area contributed by atoms with Crippen LogP contribution in [0.1, 0.15) is 129 Å². The van der Waals surface area contributed by atoms with E-state index in [0.717, 1.165) is 64.1 Å². The van der Waals surface area contributed by atoms with Gasteiger partial charge in [-0.1, -0.05) is 109 Å². The molecular formula is C42H59F2O2Si. The normalized spacial score (nSPS) is 35.6. The number of hydrogen-bond acceptors (Lipinski definition) is 2. The average Bonchev–Trinajstić information content (AvgIpc) is 3.39. The third-order valence-electron chi connectivity index (χ3n) is 13.9. The zero-order valence-electron chi connectivity index (χ0n) is 29.8. The van der Waals surface area contributed by atoms with Crippen molar-refractivity contribution in [1.82, 2.24) is 0 Å². The van der Waals surface area contributed by atoms with Gasteiger partial charge in [0.15, 0.2) is 0 Å². The molecule has 2 nitrogen and oxygen atoms in total. The maximum atomic E-state index is 16.7. The van der Waals surface area contributed by atoms with Crippen molar-refractivity contribution in [2.45, 2.75) is 135 Å². The molecule has 5 heteroatoms. The fourth-order valence-electron chi connectivity index (χ4n) is 11.6. The van der Waals surface area contributed by atoms with E-state index in [1.807, 2.05) is 0 Å². The van der Waals surface area contributed by atoms with Crippen molar-refractivity contribution >= 4 is 15.3 Å². The van der Waals surface area contributed by atoms with E-state index in [1.165, 1.54) is 11.1 Å². The second kappa shape index (κ2) is 13.5. The molecule has 4 aliphatic rings. The van der Waals surface area contributed by atoms with Crippen LogP contribution in [0, 0.1) is 46.3 Å². The summed E-state index contributed by atoms with van der Waals surface area (Å²) in [5, 5.41) is -0.0411. The largest absolute Gasteiger partial charge is 0.412 e. The summed E-state index contributed by atoms with van der Waals surface area (Å²) in [5.74, 6) is -1.95. The highest BCUT2D eigenvalue weighted by molar-refractivity contribution is 6.58. The van der Waals surface area contributed by atoms with Crippen molar-refractivity contribution in [3.63, 3.8) is 0 Å². The van der Waals surface area contributed by atoms with Gasteiger partial charge in [0.2, 0.25) is 9.04 Å². The molecule has 4 fully saturated rings. The van der Waals surface area contributed by atoms with Crippen LogP contribution in [-0.2, 0) is 9.22 Å². The molecule has 0 heterocycles. The predicted molar refractivity (Wildman–Crippen MR) is 190 cm³/mol. The Balaban J connectivity index is 1.22. The molecule has 257 valence electrons. The summed E-state index contributed by atoms with van der Waals surface area (Å²) in [5.41, 5.74) is 2.68. The standard InChI is InChI=1S/C42H59F2O2Si/c1-29(15-13-14-26-45)34-20-21-35-37-36(23-25-41(34,35)6)40(5)24-22-33(27-32(40)28-42(37,43)44)46-47(39(2,3)4)38(30-16-9-7-10-17-30)31-18-11-8-12-19-31/h7-12,16-19,26,29,32-38H,13-15,20-25,27-28H2,1-6H3/t29-,32?,33+,34-,35+,36+,37+,40+,41-/m1/s1. The number of rotatable bonds is 10. The van der Waals surface area contributed by atoms with E-state index in [4.69, 9.17) is 4.43 Å². The number of hydrogen-bond donors (Lipinski definition) is 0. The smallest absolute Gasteiger partial charge is 0.251 e. The Labute approximate surface area is 285 Å². The first-order chi connectivity index (χ1) is 22.3. The van der Waals surface area contributed by atoms with E-state index in [1.54, 1.807) is 0 Å². The summed E-state index contributed by atoms with van der Waals surface area (Å²) in [6.07, 6.45) is 10.4. The van der Waals surface area contributed by atoms with Crippen molar-refractivity contribution in [1.29, 1.82) is 0 Å². The molecule has 1 radical (unpaired) electrons. The van der Waals surface area contributed by atoms with E-state index in [2.05, 4.69) is 102 Å². The van der Waals surface area contributed by atoms with Gasteiger partial charge in [-0.2, -0.15) is 0 Å². The fraction of sp³-hybridized carbons (Fsp3) is 0.690. The maximum Gasteiger partial charge on any atom is 0.251 e. The van der Waals surface area contributed by atoms with Crippen molar-refractivity contribution in [3.8, 4) is 0 Å². The molecule has 2 aromatic rings. The molecule has 1 unspecified atom stereocenters. The SMILES string of the molecule is C[C@H](CCCC=O)[C@H]1CC[C@H]2[C@H]3[C@H](CC[C@]12C)[C@@]1(C)CC[C@H](O[Si](C(c2ccccc2)c2ccccc2)C(C)(C)C)CC1CC3(F)F. The number of aldehydes is 1. The topological polar surface area (TPSA) is 26.3 Å². The van der Waals surface area contributed by atoms with Gasteiger partial charge in [-0.25, -0.2) is 8.78 Å². The summed E-state index contributed by atoms with van der Waals surface area (Å²) in [6.45, 7) is 14.0. The van der Waals surface area contributed by atoms with E-state index in [9.17, 15) is 4.79 Å². The van der Waals surface area contributed by atoms with Gasteiger partial charge in [0.25, 0.3) is 5.92 Å². The minimum atomic E-state index is -2.63. The van der Waals surface area contributed by atoms with Crippen LogP contribution >= 0.6 is 0 Å². The lowest BCUT2D eigenvalue weighted by molar-refractivity contribution is -0.237. The summed E-state index contributed by atoms with van der Waals surface area (Å²) < 4.78 is 40.8. The second-order valence-electron chi connectivity index (χ2n) is 17.6. The number of carbonyl (C=O) groups excluding carboxylic acids is 1. The highest BCUT2D eigenvalue weighted by Crippen LogP contribution is 2.71. The molecule has 2 aromatic carbocycles. The molecule has 0 N–H and O–H groups in total. The van der Waals surface area contributed by atoms with Gasteiger partial charge < -0.3 is 9.22 Å². The molecule has 0 aliphatic heterocycles. The van der Waals surface area contributed by atoms with E-state index in [-0.39, 0.29) is 51.7 Å². The van der Waals surface area contributed by atoms with Crippen molar-refractivity contribution in [2.75, 3.05) is 0 Å². The van der Waals surface area contributed by atoms with Gasteiger partial charge >= 0.3 is 0 Å². The molecule has 9 atom stereocenters. The van der Waals surface area contributed by atoms with Gasteiger partial charge in [-0.05, 0) is 108 Å². The molecule has 0 aromatic heterocycles. The lowest BCUT2D eigenvalue weighted by Gasteiger charge is -2.63. The van der Waals surface area contributed by atoms with Crippen molar-refractivity contribution in [2.24, 2.45) is 46.3 Å². The Morgan fingerprint density at radius 3 is 2.09 bits per heavy atom. The predicted octanol–water partition coefficient (Wildman–Crippen LogP) is 11.4. The molecule has 0 amide bonds. The first-order valence-electron chi connectivity index (χ1n) is 18.7. The highest BCUT2D eigenvalue weighted by Gasteiger charge is 2.68.